The highest BCUT2D eigenvalue weighted by Gasteiger charge is 2.27. The molecule has 2 aliphatic heterocycles. The number of morpholine rings is 1. The molecule has 2 saturated heterocycles. The van der Waals surface area contributed by atoms with Crippen LogP contribution in [-0.2, 0) is 14.8 Å². The molecule has 2 heterocycles. The summed E-state index contributed by atoms with van der Waals surface area (Å²) in [5.74, 6) is -0.219. The average Bonchev–Trinajstić information content (AvgIpc) is 2.69. The largest absolute Gasteiger partial charge is 0.379 e. The summed E-state index contributed by atoms with van der Waals surface area (Å²) in [7, 11) is -3.61. The molecule has 1 amide bonds. The maximum atomic E-state index is 12.8. The number of nitrogens with zero attached hydrogens (tertiary/aromatic N) is 2. The van der Waals surface area contributed by atoms with E-state index in [1.54, 1.807) is 12.1 Å². The van der Waals surface area contributed by atoms with E-state index in [1.807, 2.05) is 6.92 Å². The van der Waals surface area contributed by atoms with Gasteiger partial charge in [0.15, 0.2) is 0 Å². The second-order valence-corrected chi connectivity index (χ2v) is 9.09. The number of sulfonamides is 1. The smallest absolute Gasteiger partial charge is 0.251 e. The van der Waals surface area contributed by atoms with Gasteiger partial charge in [-0.05, 0) is 50.6 Å². The van der Waals surface area contributed by atoms with Crippen LogP contribution in [0, 0.1) is 6.92 Å². The van der Waals surface area contributed by atoms with Gasteiger partial charge >= 0.3 is 0 Å². The van der Waals surface area contributed by atoms with Crippen molar-refractivity contribution in [2.24, 2.45) is 0 Å². The number of aryl methyl sites for hydroxylation is 1. The number of benzene rings is 1. The van der Waals surface area contributed by atoms with Crippen molar-refractivity contribution in [3.8, 4) is 0 Å². The third-order valence-corrected chi connectivity index (χ3v) is 7.12. The van der Waals surface area contributed by atoms with Crippen LogP contribution in [0.2, 0.25) is 0 Å². The van der Waals surface area contributed by atoms with E-state index in [4.69, 9.17) is 4.74 Å². The van der Waals surface area contributed by atoms with Crippen LogP contribution < -0.4 is 5.32 Å². The molecule has 2 fully saturated rings. The van der Waals surface area contributed by atoms with Crippen LogP contribution in [0.3, 0.4) is 0 Å². The molecular formula is C19H29N3O4S. The van der Waals surface area contributed by atoms with Crippen LogP contribution in [0.15, 0.2) is 23.1 Å². The zero-order valence-electron chi connectivity index (χ0n) is 15.9. The summed E-state index contributed by atoms with van der Waals surface area (Å²) in [6.07, 6.45) is 3.72. The molecule has 2 aliphatic rings. The van der Waals surface area contributed by atoms with Crippen molar-refractivity contribution < 1.29 is 17.9 Å². The highest BCUT2D eigenvalue weighted by Crippen LogP contribution is 2.20. The normalized spacial score (nSPS) is 19.7. The van der Waals surface area contributed by atoms with Gasteiger partial charge in [-0.15, -0.1) is 0 Å². The maximum Gasteiger partial charge on any atom is 0.251 e. The molecule has 0 unspecified atom stereocenters. The lowest BCUT2D eigenvalue weighted by Gasteiger charge is -2.26. The minimum atomic E-state index is -3.61. The summed E-state index contributed by atoms with van der Waals surface area (Å²) in [5.41, 5.74) is 1.19. The number of nitrogens with one attached hydrogen (secondary N) is 1. The van der Waals surface area contributed by atoms with Gasteiger partial charge in [-0.25, -0.2) is 8.42 Å². The van der Waals surface area contributed by atoms with Crippen molar-refractivity contribution in [2.75, 3.05) is 52.5 Å². The Kier molecular flexibility index (Phi) is 6.86. The number of piperidine rings is 1. The molecular weight excluding hydrogens is 366 g/mol. The summed E-state index contributed by atoms with van der Waals surface area (Å²) in [6.45, 7) is 6.87. The molecule has 1 N–H and O–H groups in total. The average molecular weight is 396 g/mol. The maximum absolute atomic E-state index is 12.8. The Morgan fingerprint density at radius 1 is 1.11 bits per heavy atom. The molecule has 3 rings (SSSR count). The van der Waals surface area contributed by atoms with Crippen molar-refractivity contribution in [1.82, 2.24) is 14.5 Å². The van der Waals surface area contributed by atoms with Crippen LogP contribution >= 0.6 is 0 Å². The quantitative estimate of drug-likeness (QED) is 0.784. The van der Waals surface area contributed by atoms with E-state index in [9.17, 15) is 13.2 Å². The predicted molar refractivity (Wildman–Crippen MR) is 103 cm³/mol. The first-order valence-corrected chi connectivity index (χ1v) is 11.1. The SMILES string of the molecule is Cc1ccc(S(=O)(=O)N2CCOCC2)cc1C(=O)NCCN1CCCCC1. The summed E-state index contributed by atoms with van der Waals surface area (Å²) >= 11 is 0. The van der Waals surface area contributed by atoms with Gasteiger partial charge in [0.1, 0.15) is 0 Å². The van der Waals surface area contributed by atoms with E-state index >= 15 is 0 Å². The fourth-order valence-electron chi connectivity index (χ4n) is 3.55. The fraction of sp³-hybridized carbons (Fsp3) is 0.632. The Morgan fingerprint density at radius 3 is 2.52 bits per heavy atom. The molecule has 150 valence electrons. The van der Waals surface area contributed by atoms with Crippen molar-refractivity contribution in [3.63, 3.8) is 0 Å². The molecule has 27 heavy (non-hydrogen) atoms. The lowest BCUT2D eigenvalue weighted by molar-refractivity contribution is 0.0730. The molecule has 0 aromatic heterocycles. The highest BCUT2D eigenvalue weighted by molar-refractivity contribution is 7.89. The first kappa shape index (κ1) is 20.3. The second-order valence-electron chi connectivity index (χ2n) is 7.15. The van der Waals surface area contributed by atoms with Crippen LogP contribution in [-0.4, -0.2) is 76.0 Å². The van der Waals surface area contributed by atoms with E-state index < -0.39 is 10.0 Å². The first-order chi connectivity index (χ1) is 13.0. The van der Waals surface area contributed by atoms with E-state index in [0.29, 0.717) is 38.4 Å². The zero-order valence-corrected chi connectivity index (χ0v) is 16.8. The number of carbonyl (C=O) groups is 1. The van der Waals surface area contributed by atoms with E-state index in [1.165, 1.54) is 29.6 Å². The molecule has 7 nitrogen and oxygen atoms in total. The third kappa shape index (κ3) is 5.07. The molecule has 8 heteroatoms. The number of ether oxygens (including phenoxy) is 1. The van der Waals surface area contributed by atoms with Crippen LogP contribution in [0.1, 0.15) is 35.2 Å². The molecule has 0 atom stereocenters. The first-order valence-electron chi connectivity index (χ1n) is 9.67. The van der Waals surface area contributed by atoms with Gasteiger partial charge in [-0.1, -0.05) is 12.5 Å². The van der Waals surface area contributed by atoms with Gasteiger partial charge in [0.05, 0.1) is 18.1 Å². The summed E-state index contributed by atoms with van der Waals surface area (Å²) < 4.78 is 32.3. The Balaban J connectivity index is 1.66. The molecule has 0 saturated carbocycles. The molecule has 0 aliphatic carbocycles. The summed E-state index contributed by atoms with van der Waals surface area (Å²) in [6, 6.07) is 4.77. The Hall–Kier alpha value is -1.48. The summed E-state index contributed by atoms with van der Waals surface area (Å²) in [5, 5.41) is 2.94. The number of hydrogen-bond donors (Lipinski definition) is 1. The van der Waals surface area contributed by atoms with E-state index in [-0.39, 0.29) is 10.8 Å². The van der Waals surface area contributed by atoms with Crippen molar-refractivity contribution in [3.05, 3.63) is 29.3 Å². The molecule has 0 spiro atoms. The van der Waals surface area contributed by atoms with Crippen molar-refractivity contribution >= 4 is 15.9 Å². The monoisotopic (exact) mass is 395 g/mol. The number of hydrogen-bond acceptors (Lipinski definition) is 5. The number of amides is 1. The molecule has 0 radical (unpaired) electrons. The minimum absolute atomic E-state index is 0.163. The van der Waals surface area contributed by atoms with E-state index in [2.05, 4.69) is 10.2 Å². The van der Waals surface area contributed by atoms with Gasteiger partial charge in [-0.2, -0.15) is 4.31 Å². The highest BCUT2D eigenvalue weighted by atomic mass is 32.2. The number of rotatable bonds is 6. The second kappa shape index (κ2) is 9.14. The van der Waals surface area contributed by atoms with Gasteiger partial charge in [0.25, 0.3) is 5.91 Å². The Bertz CT molecular complexity index is 754. The van der Waals surface area contributed by atoms with Gasteiger partial charge in [0.2, 0.25) is 10.0 Å². The standard InChI is InChI=1S/C19H29N3O4S/c1-16-5-6-17(27(24,25)22-11-13-26-14-12-22)15-18(16)19(23)20-7-10-21-8-3-2-4-9-21/h5-6,15H,2-4,7-14H2,1H3,(H,20,23). The number of carbonyl (C=O) groups excluding carboxylic acids is 1. The third-order valence-electron chi connectivity index (χ3n) is 5.22. The van der Waals surface area contributed by atoms with Gasteiger partial charge in [-0.3, -0.25) is 4.79 Å². The van der Waals surface area contributed by atoms with Gasteiger partial charge < -0.3 is 15.0 Å². The number of likely N-dealkylation sites (tertiary alicyclic amines) is 1. The van der Waals surface area contributed by atoms with Crippen LogP contribution in [0.25, 0.3) is 0 Å². The topological polar surface area (TPSA) is 78.9 Å². The van der Waals surface area contributed by atoms with Crippen molar-refractivity contribution in [2.45, 2.75) is 31.1 Å². The van der Waals surface area contributed by atoms with Gasteiger partial charge in [0, 0.05) is 31.7 Å². The van der Waals surface area contributed by atoms with Crippen LogP contribution in [0.4, 0.5) is 0 Å². The summed E-state index contributed by atoms with van der Waals surface area (Å²) in [4.78, 5) is 15.1. The Labute approximate surface area is 161 Å². The lowest BCUT2D eigenvalue weighted by atomic mass is 10.1. The lowest BCUT2D eigenvalue weighted by Crippen LogP contribution is -2.40. The molecule has 0 bridgehead atoms. The van der Waals surface area contributed by atoms with Crippen molar-refractivity contribution in [1.29, 1.82) is 0 Å². The molecule has 1 aromatic rings. The fourth-order valence-corrected chi connectivity index (χ4v) is 4.98. The van der Waals surface area contributed by atoms with Crippen LogP contribution in [0.5, 0.6) is 0 Å². The molecule has 1 aromatic carbocycles. The zero-order chi connectivity index (χ0) is 19.3. The van der Waals surface area contributed by atoms with E-state index in [0.717, 1.165) is 25.2 Å². The minimum Gasteiger partial charge on any atom is -0.379 e. The predicted octanol–water partition coefficient (Wildman–Crippen LogP) is 1.23. The Morgan fingerprint density at radius 2 is 1.81 bits per heavy atom.